The van der Waals surface area contributed by atoms with Crippen LogP contribution in [0.5, 0.6) is 0 Å². The van der Waals surface area contributed by atoms with Gasteiger partial charge in [-0.3, -0.25) is 0 Å². The molecule has 0 saturated heterocycles. The zero-order valence-electron chi connectivity index (χ0n) is 12.7. The van der Waals surface area contributed by atoms with Crippen LogP contribution in [0, 0.1) is 34.9 Å². The van der Waals surface area contributed by atoms with E-state index in [0.29, 0.717) is 12.1 Å². The van der Waals surface area contributed by atoms with Crippen molar-refractivity contribution in [1.82, 2.24) is 0 Å². The minimum absolute atomic E-state index is 0.448. The molecule has 0 aliphatic heterocycles. The summed E-state index contributed by atoms with van der Waals surface area (Å²) >= 11 is 5.70. The summed E-state index contributed by atoms with van der Waals surface area (Å²) in [5.74, 6) is -13.8. The van der Waals surface area contributed by atoms with E-state index in [2.05, 4.69) is 0 Å². The fraction of sp³-hybridized carbons (Fsp3) is 0.188. The van der Waals surface area contributed by atoms with Gasteiger partial charge in [-0.1, -0.05) is 11.6 Å². The number of benzene rings is 2. The summed E-state index contributed by atoms with van der Waals surface area (Å²) in [7, 11) is 0. The summed E-state index contributed by atoms with van der Waals surface area (Å²) < 4.78 is 86.4. The Bertz CT molecular complexity index is 837. The first-order chi connectivity index (χ1) is 11.6. The van der Waals surface area contributed by atoms with E-state index in [1.807, 2.05) is 0 Å². The zero-order valence-corrected chi connectivity index (χ0v) is 13.5. The highest BCUT2D eigenvalue weighted by molar-refractivity contribution is 6.33. The smallest absolute Gasteiger partial charge is 0.339 e. The van der Waals surface area contributed by atoms with Gasteiger partial charge in [0, 0.05) is 5.56 Å². The van der Waals surface area contributed by atoms with E-state index < -0.39 is 68.7 Å². The maximum absolute atomic E-state index is 14.1. The number of carbonyl (C=O) groups excluding carboxylic acids is 1. The summed E-state index contributed by atoms with van der Waals surface area (Å²) in [5, 5.41) is -0.448. The van der Waals surface area contributed by atoms with Crippen LogP contribution in [-0.2, 0) is 4.74 Å². The maximum Gasteiger partial charge on any atom is 0.339 e. The highest BCUT2D eigenvalue weighted by Gasteiger charge is 2.29. The third-order valence-corrected chi connectivity index (χ3v) is 3.41. The molecule has 0 unspecified atom stereocenters. The molecule has 0 amide bonds. The molecule has 0 aromatic heterocycles. The monoisotopic (exact) mass is 382 g/mol. The van der Waals surface area contributed by atoms with Crippen molar-refractivity contribution in [2.24, 2.45) is 0 Å². The molecule has 0 N–H and O–H groups in total. The first kappa shape index (κ1) is 19.1. The summed E-state index contributed by atoms with van der Waals surface area (Å²) in [6.45, 7) is 3.00. The standard InChI is InChI=1S/C16H9ClF6O2/c1-5(2)25-16(24)6-3-7(9(18)4-8(6)17)10-11(19)13(21)15(23)14(22)12(10)20/h3-5H,1-2H3. The van der Waals surface area contributed by atoms with E-state index in [9.17, 15) is 31.1 Å². The largest absolute Gasteiger partial charge is 0.459 e. The molecule has 9 heteroatoms. The Kier molecular flexibility index (Phi) is 5.31. The highest BCUT2D eigenvalue weighted by Crippen LogP contribution is 2.35. The quantitative estimate of drug-likeness (QED) is 0.307. The van der Waals surface area contributed by atoms with Crippen LogP contribution in [-0.4, -0.2) is 12.1 Å². The average molecular weight is 383 g/mol. The van der Waals surface area contributed by atoms with Crippen molar-refractivity contribution in [2.75, 3.05) is 0 Å². The minimum atomic E-state index is -2.38. The van der Waals surface area contributed by atoms with E-state index in [-0.39, 0.29) is 0 Å². The van der Waals surface area contributed by atoms with Gasteiger partial charge in [-0.05, 0) is 26.0 Å². The number of rotatable bonds is 3. The van der Waals surface area contributed by atoms with Crippen LogP contribution >= 0.6 is 11.6 Å². The summed E-state index contributed by atoms with van der Waals surface area (Å²) in [5.41, 5.74) is -3.02. The van der Waals surface area contributed by atoms with Crippen LogP contribution in [0.2, 0.25) is 5.02 Å². The van der Waals surface area contributed by atoms with Gasteiger partial charge in [0.15, 0.2) is 23.3 Å². The van der Waals surface area contributed by atoms with Gasteiger partial charge in [-0.2, -0.15) is 0 Å². The molecule has 0 saturated carbocycles. The van der Waals surface area contributed by atoms with Crippen molar-refractivity contribution in [3.63, 3.8) is 0 Å². The minimum Gasteiger partial charge on any atom is -0.459 e. The lowest BCUT2D eigenvalue weighted by atomic mass is 10.00. The number of hydrogen-bond donors (Lipinski definition) is 0. The van der Waals surface area contributed by atoms with Crippen LogP contribution in [0.25, 0.3) is 11.1 Å². The van der Waals surface area contributed by atoms with Crippen molar-refractivity contribution in [3.05, 3.63) is 57.6 Å². The SMILES string of the molecule is CC(C)OC(=O)c1cc(-c2c(F)c(F)c(F)c(F)c2F)c(F)cc1Cl. The third kappa shape index (κ3) is 3.44. The van der Waals surface area contributed by atoms with Gasteiger partial charge >= 0.3 is 5.97 Å². The second-order valence-corrected chi connectivity index (χ2v) is 5.62. The van der Waals surface area contributed by atoms with Crippen molar-refractivity contribution < 1.29 is 35.9 Å². The number of hydrogen-bond acceptors (Lipinski definition) is 2. The van der Waals surface area contributed by atoms with Crippen LogP contribution in [0.4, 0.5) is 26.3 Å². The lowest BCUT2D eigenvalue weighted by Crippen LogP contribution is -2.13. The van der Waals surface area contributed by atoms with Crippen LogP contribution in [0.15, 0.2) is 12.1 Å². The van der Waals surface area contributed by atoms with Crippen molar-refractivity contribution in [3.8, 4) is 11.1 Å². The Morgan fingerprint density at radius 3 is 1.88 bits per heavy atom. The molecule has 2 aromatic rings. The van der Waals surface area contributed by atoms with Crippen LogP contribution < -0.4 is 0 Å². The molecule has 0 bridgehead atoms. The first-order valence-corrected chi connectivity index (χ1v) is 7.15. The van der Waals surface area contributed by atoms with Crippen molar-refractivity contribution >= 4 is 17.6 Å². The van der Waals surface area contributed by atoms with Gasteiger partial charge < -0.3 is 4.74 Å². The molecule has 2 nitrogen and oxygen atoms in total. The molecular formula is C16H9ClF6O2. The molecule has 0 aliphatic carbocycles. The Morgan fingerprint density at radius 1 is 0.920 bits per heavy atom. The van der Waals surface area contributed by atoms with Gasteiger partial charge in [-0.25, -0.2) is 31.1 Å². The normalized spacial score (nSPS) is 11.1. The second-order valence-electron chi connectivity index (χ2n) is 5.21. The Hall–Kier alpha value is -2.22. The lowest BCUT2D eigenvalue weighted by Gasteiger charge is -2.13. The predicted octanol–water partition coefficient (Wildman–Crippen LogP) is 5.41. The van der Waals surface area contributed by atoms with E-state index in [1.54, 1.807) is 0 Å². The van der Waals surface area contributed by atoms with Gasteiger partial charge in [0.05, 0.1) is 22.3 Å². The van der Waals surface area contributed by atoms with Gasteiger partial charge in [-0.15, -0.1) is 0 Å². The van der Waals surface area contributed by atoms with Crippen molar-refractivity contribution in [1.29, 1.82) is 0 Å². The topological polar surface area (TPSA) is 26.3 Å². The summed E-state index contributed by atoms with van der Waals surface area (Å²) in [4.78, 5) is 11.9. The highest BCUT2D eigenvalue weighted by atomic mass is 35.5. The zero-order chi connectivity index (χ0) is 19.0. The number of carbonyl (C=O) groups is 1. The summed E-state index contributed by atoms with van der Waals surface area (Å²) in [6, 6.07) is 1.09. The van der Waals surface area contributed by atoms with Gasteiger partial charge in [0.1, 0.15) is 5.82 Å². The third-order valence-electron chi connectivity index (χ3n) is 3.10. The lowest BCUT2D eigenvalue weighted by molar-refractivity contribution is 0.0378. The van der Waals surface area contributed by atoms with Gasteiger partial charge in [0.25, 0.3) is 0 Å². The fourth-order valence-corrected chi connectivity index (χ4v) is 2.24. The Labute approximate surface area is 143 Å². The van der Waals surface area contributed by atoms with E-state index in [1.165, 1.54) is 13.8 Å². The van der Waals surface area contributed by atoms with E-state index in [4.69, 9.17) is 16.3 Å². The Balaban J connectivity index is 2.75. The molecule has 25 heavy (non-hydrogen) atoms. The summed E-state index contributed by atoms with van der Waals surface area (Å²) in [6.07, 6.45) is -0.591. The van der Waals surface area contributed by atoms with Crippen molar-refractivity contribution in [2.45, 2.75) is 20.0 Å². The second kappa shape index (κ2) is 6.95. The fourth-order valence-electron chi connectivity index (χ4n) is 2.02. The molecule has 134 valence electrons. The number of esters is 1. The average Bonchev–Trinajstić information content (AvgIpc) is 2.52. The molecule has 0 fully saturated rings. The molecule has 2 rings (SSSR count). The molecule has 0 heterocycles. The number of ether oxygens (including phenoxy) is 1. The first-order valence-electron chi connectivity index (χ1n) is 6.78. The number of halogens is 7. The predicted molar refractivity (Wildman–Crippen MR) is 77.2 cm³/mol. The van der Waals surface area contributed by atoms with Crippen LogP contribution in [0.3, 0.4) is 0 Å². The molecule has 0 atom stereocenters. The molecule has 0 radical (unpaired) electrons. The van der Waals surface area contributed by atoms with Crippen LogP contribution in [0.1, 0.15) is 24.2 Å². The van der Waals surface area contributed by atoms with E-state index >= 15 is 0 Å². The molecule has 0 aliphatic rings. The molecule has 0 spiro atoms. The molecule has 2 aromatic carbocycles. The van der Waals surface area contributed by atoms with E-state index in [0.717, 1.165) is 0 Å². The Morgan fingerprint density at radius 2 is 1.40 bits per heavy atom. The maximum atomic E-state index is 14.1. The molecular weight excluding hydrogens is 374 g/mol. The van der Waals surface area contributed by atoms with Gasteiger partial charge in [0.2, 0.25) is 5.82 Å².